The molecule has 0 aromatic heterocycles. The second-order valence-electron chi connectivity index (χ2n) is 7.26. The molecule has 0 saturated carbocycles. The Hall–Kier alpha value is -3.27. The number of amides is 2. The van der Waals surface area contributed by atoms with Crippen LogP contribution in [0.2, 0.25) is 0 Å². The van der Waals surface area contributed by atoms with Gasteiger partial charge in [0.1, 0.15) is 19.0 Å². The van der Waals surface area contributed by atoms with Crippen molar-refractivity contribution in [3.63, 3.8) is 0 Å². The molecule has 4 rings (SSSR count). The highest BCUT2D eigenvalue weighted by molar-refractivity contribution is 7.91. The number of ether oxygens (including phenoxy) is 3. The first kappa shape index (κ1) is 21.0. The molecular formula is C21H22N2O7S. The maximum absolute atomic E-state index is 12.6. The number of benzene rings is 2. The lowest BCUT2D eigenvalue weighted by Crippen LogP contribution is -2.28. The summed E-state index contributed by atoms with van der Waals surface area (Å²) in [6.07, 6.45) is -0.189. The number of hydrogen-bond acceptors (Lipinski definition) is 7. The van der Waals surface area contributed by atoms with Crippen molar-refractivity contribution < 1.29 is 32.2 Å². The summed E-state index contributed by atoms with van der Waals surface area (Å²) >= 11 is 0. The molecule has 2 aromatic rings. The van der Waals surface area contributed by atoms with E-state index in [9.17, 15) is 18.0 Å². The van der Waals surface area contributed by atoms with Crippen LogP contribution in [-0.2, 0) is 19.4 Å². The van der Waals surface area contributed by atoms with Gasteiger partial charge in [-0.3, -0.25) is 9.59 Å². The lowest BCUT2D eigenvalue weighted by Gasteiger charge is -2.21. The Kier molecular flexibility index (Phi) is 5.73. The minimum Gasteiger partial charge on any atom is -0.486 e. The quantitative estimate of drug-likeness (QED) is 0.695. The molecule has 1 unspecified atom stereocenters. The lowest BCUT2D eigenvalue weighted by molar-refractivity contribution is -0.121. The summed E-state index contributed by atoms with van der Waals surface area (Å²) < 4.78 is 41.6. The van der Waals surface area contributed by atoms with Gasteiger partial charge in [-0.25, -0.2) is 8.42 Å². The summed E-state index contributed by atoms with van der Waals surface area (Å²) in [6, 6.07) is 9.33. The molecule has 0 radical (unpaired) electrons. The number of carbonyl (C=O) groups excluding carboxylic acids is 2. The van der Waals surface area contributed by atoms with Gasteiger partial charge in [0, 0.05) is 12.5 Å². The minimum absolute atomic E-state index is 0.0371. The van der Waals surface area contributed by atoms with E-state index in [1.807, 2.05) is 19.1 Å². The molecule has 2 aliphatic heterocycles. The molecule has 31 heavy (non-hydrogen) atoms. The fraction of sp³-hybridized carbons (Fsp3) is 0.333. The first-order valence-electron chi connectivity index (χ1n) is 9.80. The van der Waals surface area contributed by atoms with E-state index in [2.05, 4.69) is 10.6 Å². The van der Waals surface area contributed by atoms with E-state index in [1.54, 1.807) is 6.07 Å². The van der Waals surface area contributed by atoms with Crippen molar-refractivity contribution in [3.8, 4) is 17.2 Å². The number of nitrogens with one attached hydrogen (secondary N) is 2. The van der Waals surface area contributed by atoms with Gasteiger partial charge >= 0.3 is 0 Å². The van der Waals surface area contributed by atoms with Crippen LogP contribution in [0.4, 0.5) is 5.69 Å². The van der Waals surface area contributed by atoms with E-state index in [4.69, 9.17) is 14.2 Å². The molecule has 164 valence electrons. The van der Waals surface area contributed by atoms with Crippen LogP contribution in [0.5, 0.6) is 17.2 Å². The zero-order valence-electron chi connectivity index (χ0n) is 16.8. The maximum Gasteiger partial charge on any atom is 0.262 e. The summed E-state index contributed by atoms with van der Waals surface area (Å²) in [5.41, 5.74) is 1.25. The Morgan fingerprint density at radius 3 is 2.65 bits per heavy atom. The summed E-state index contributed by atoms with van der Waals surface area (Å²) in [6.45, 7) is 2.61. The second-order valence-corrected chi connectivity index (χ2v) is 9.37. The largest absolute Gasteiger partial charge is 0.486 e. The van der Waals surface area contributed by atoms with Crippen molar-refractivity contribution in [1.29, 1.82) is 0 Å². The smallest absolute Gasteiger partial charge is 0.262 e. The van der Waals surface area contributed by atoms with Crippen molar-refractivity contribution in [3.05, 3.63) is 42.0 Å². The molecule has 2 aliphatic rings. The lowest BCUT2D eigenvalue weighted by atomic mass is 10.1. The van der Waals surface area contributed by atoms with Crippen LogP contribution in [0.3, 0.4) is 0 Å². The molecular weight excluding hydrogens is 424 g/mol. The molecule has 0 bridgehead atoms. The van der Waals surface area contributed by atoms with Gasteiger partial charge in [-0.15, -0.1) is 0 Å². The Labute approximate surface area is 179 Å². The Balaban J connectivity index is 1.36. The van der Waals surface area contributed by atoms with Crippen LogP contribution in [0.1, 0.15) is 24.9 Å². The number of carbonyl (C=O) groups is 2. The van der Waals surface area contributed by atoms with Crippen LogP contribution in [0, 0.1) is 0 Å². The predicted molar refractivity (Wildman–Crippen MR) is 111 cm³/mol. The number of hydrogen-bond donors (Lipinski definition) is 2. The van der Waals surface area contributed by atoms with Gasteiger partial charge in [-0.05, 0) is 36.8 Å². The van der Waals surface area contributed by atoms with Crippen LogP contribution >= 0.6 is 0 Å². The molecule has 1 atom stereocenters. The van der Waals surface area contributed by atoms with Crippen LogP contribution in [-0.4, -0.2) is 45.8 Å². The molecule has 0 saturated heterocycles. The third kappa shape index (κ3) is 4.74. The topological polar surface area (TPSA) is 120 Å². The van der Waals surface area contributed by atoms with Gasteiger partial charge in [0.2, 0.25) is 5.91 Å². The number of fused-ring (bicyclic) bond motifs is 2. The van der Waals surface area contributed by atoms with Gasteiger partial charge in [0.05, 0.1) is 22.4 Å². The van der Waals surface area contributed by atoms with E-state index in [-0.39, 0.29) is 47.3 Å². The van der Waals surface area contributed by atoms with Crippen molar-refractivity contribution in [2.45, 2.75) is 24.3 Å². The van der Waals surface area contributed by atoms with Crippen LogP contribution in [0.15, 0.2) is 41.3 Å². The van der Waals surface area contributed by atoms with Gasteiger partial charge in [-0.2, -0.15) is 0 Å². The Morgan fingerprint density at radius 2 is 1.84 bits per heavy atom. The first-order valence-corrected chi connectivity index (χ1v) is 11.5. The summed E-state index contributed by atoms with van der Waals surface area (Å²) in [5, 5.41) is 5.42. The fourth-order valence-corrected chi connectivity index (χ4v) is 4.57. The summed E-state index contributed by atoms with van der Waals surface area (Å²) in [4.78, 5) is 23.7. The van der Waals surface area contributed by atoms with E-state index < -0.39 is 9.84 Å². The van der Waals surface area contributed by atoms with Crippen molar-refractivity contribution in [2.75, 3.05) is 30.9 Å². The fourth-order valence-electron chi connectivity index (χ4n) is 3.32. The average Bonchev–Trinajstić information content (AvgIpc) is 2.77. The van der Waals surface area contributed by atoms with Crippen molar-refractivity contribution >= 4 is 27.3 Å². The molecule has 2 aromatic carbocycles. The molecule has 10 heteroatoms. The van der Waals surface area contributed by atoms with E-state index >= 15 is 0 Å². The van der Waals surface area contributed by atoms with Gasteiger partial charge in [0.15, 0.2) is 27.9 Å². The zero-order valence-corrected chi connectivity index (χ0v) is 17.7. The average molecular weight is 446 g/mol. The highest BCUT2D eigenvalue weighted by atomic mass is 32.2. The SMILES string of the molecule is CC(NC(=O)CCS(=O)(=O)c1ccc2c(c1)OCC(=O)N2)c1ccc2c(c1)OCCO2. The molecule has 0 aliphatic carbocycles. The van der Waals surface area contributed by atoms with E-state index in [0.29, 0.717) is 30.4 Å². The first-order chi connectivity index (χ1) is 14.8. The molecule has 2 N–H and O–H groups in total. The monoisotopic (exact) mass is 446 g/mol. The van der Waals surface area contributed by atoms with Gasteiger partial charge in [-0.1, -0.05) is 6.07 Å². The maximum atomic E-state index is 12.6. The third-order valence-electron chi connectivity index (χ3n) is 4.99. The van der Waals surface area contributed by atoms with Gasteiger partial charge < -0.3 is 24.8 Å². The minimum atomic E-state index is -3.70. The van der Waals surface area contributed by atoms with E-state index in [0.717, 1.165) is 5.56 Å². The molecule has 0 spiro atoms. The molecule has 2 amide bonds. The third-order valence-corrected chi connectivity index (χ3v) is 6.70. The molecule has 0 fully saturated rings. The summed E-state index contributed by atoms with van der Waals surface area (Å²) in [5.74, 6) is 0.542. The number of rotatable bonds is 6. The highest BCUT2D eigenvalue weighted by Gasteiger charge is 2.22. The zero-order chi connectivity index (χ0) is 22.0. The van der Waals surface area contributed by atoms with Crippen LogP contribution in [0.25, 0.3) is 0 Å². The number of sulfone groups is 1. The van der Waals surface area contributed by atoms with E-state index in [1.165, 1.54) is 18.2 Å². The second kappa shape index (κ2) is 8.46. The van der Waals surface area contributed by atoms with Crippen molar-refractivity contribution in [2.24, 2.45) is 0 Å². The molecule has 9 nitrogen and oxygen atoms in total. The normalized spacial score (nSPS) is 15.8. The van der Waals surface area contributed by atoms with Crippen LogP contribution < -0.4 is 24.8 Å². The highest BCUT2D eigenvalue weighted by Crippen LogP contribution is 2.33. The molecule has 2 heterocycles. The van der Waals surface area contributed by atoms with Gasteiger partial charge in [0.25, 0.3) is 5.91 Å². The summed E-state index contributed by atoms with van der Waals surface area (Å²) in [7, 11) is -3.70. The Bertz CT molecular complexity index is 1130. The predicted octanol–water partition coefficient (Wildman–Crippen LogP) is 1.83. The number of anilines is 1. The van der Waals surface area contributed by atoms with Crippen molar-refractivity contribution in [1.82, 2.24) is 5.32 Å². The standard InChI is InChI=1S/C21H22N2O7S/c1-13(14-2-5-17-19(10-14)29-8-7-28-17)22-20(24)6-9-31(26,27)15-3-4-16-18(11-15)30-12-21(25)23-16/h2-5,10-11,13H,6-9,12H2,1H3,(H,22,24)(H,23,25). The Morgan fingerprint density at radius 1 is 1.06 bits per heavy atom.